The maximum Gasteiger partial charge on any atom is 0.234 e. The van der Waals surface area contributed by atoms with Crippen molar-refractivity contribution in [2.45, 2.75) is 24.9 Å². The number of aryl methyl sites for hydroxylation is 2. The van der Waals surface area contributed by atoms with E-state index in [4.69, 9.17) is 40.9 Å². The lowest BCUT2D eigenvalue weighted by Crippen LogP contribution is -2.30. The molecule has 0 spiro atoms. The van der Waals surface area contributed by atoms with Crippen molar-refractivity contribution in [3.63, 3.8) is 0 Å². The Balaban J connectivity index is 0.988. The van der Waals surface area contributed by atoms with Crippen LogP contribution in [-0.4, -0.2) is 73.1 Å². The number of anilines is 6. The number of aromatic nitrogens is 6. The van der Waals surface area contributed by atoms with Gasteiger partial charge < -0.3 is 50.5 Å². The molecule has 2 aliphatic heterocycles. The molecule has 17 heteroatoms. The molecule has 64 heavy (non-hydrogen) atoms. The fourth-order valence-electron chi connectivity index (χ4n) is 8.36. The molecule has 4 aromatic carbocycles. The lowest BCUT2D eigenvalue weighted by Gasteiger charge is -2.26. The van der Waals surface area contributed by atoms with Crippen LogP contribution >= 0.6 is 31.9 Å². The van der Waals surface area contributed by atoms with Crippen molar-refractivity contribution in [1.82, 2.24) is 29.1 Å². The molecule has 6 heterocycles. The molecule has 324 valence electrons. The average molecular weight is 985 g/mol. The second kappa shape index (κ2) is 17.2. The average Bonchev–Trinajstić information content (AvgIpc) is 4.07. The molecular weight excluding hydrogens is 940 g/mol. The summed E-state index contributed by atoms with van der Waals surface area (Å²) in [5, 5.41) is 6.80. The number of nitrogens with one attached hydrogen (secondary N) is 2. The van der Waals surface area contributed by atoms with E-state index in [1.54, 1.807) is 24.5 Å². The molecule has 2 saturated heterocycles. The van der Waals surface area contributed by atoms with Crippen LogP contribution in [0.4, 0.5) is 34.6 Å². The second-order valence-electron chi connectivity index (χ2n) is 16.1. The molecule has 6 N–H and O–H groups in total. The minimum atomic E-state index is -0.380. The third kappa shape index (κ3) is 8.22. The number of ether oxygens (including phenoxy) is 2. The smallest absolute Gasteiger partial charge is 0.234 e. The van der Waals surface area contributed by atoms with Crippen LogP contribution < -0.4 is 41.4 Å². The third-order valence-corrected chi connectivity index (χ3v) is 12.7. The molecule has 0 radical (unpaired) electrons. The summed E-state index contributed by atoms with van der Waals surface area (Å²) in [5.74, 6) is 3.02. The summed E-state index contributed by atoms with van der Waals surface area (Å²) in [7, 11) is 3.92. The highest BCUT2D eigenvalue weighted by Gasteiger charge is 2.34. The van der Waals surface area contributed by atoms with Gasteiger partial charge in [-0.25, -0.2) is 9.97 Å². The number of hydrogen-bond acceptors (Lipinski definition) is 13. The number of carbonyl (C=O) groups is 1. The van der Waals surface area contributed by atoms with Crippen LogP contribution in [0.3, 0.4) is 0 Å². The van der Waals surface area contributed by atoms with Gasteiger partial charge in [0, 0.05) is 109 Å². The zero-order valence-electron chi connectivity index (χ0n) is 35.0. The van der Waals surface area contributed by atoms with Gasteiger partial charge in [-0.2, -0.15) is 0 Å². The molecule has 0 saturated carbocycles. The Kier molecular flexibility index (Phi) is 11.2. The summed E-state index contributed by atoms with van der Waals surface area (Å²) in [6.45, 7) is 2.28. The van der Waals surface area contributed by atoms with Gasteiger partial charge in [-0.05, 0) is 85.6 Å². The number of halogens is 2. The minimum absolute atomic E-state index is 0.0851. The van der Waals surface area contributed by atoms with Crippen molar-refractivity contribution >= 4 is 94.4 Å². The molecule has 0 bridgehead atoms. The number of carbonyl (C=O) groups excluding carboxylic acids is 1. The van der Waals surface area contributed by atoms with Gasteiger partial charge in [0.25, 0.3) is 0 Å². The Bertz CT molecular complexity index is 2840. The Hall–Kier alpha value is -6.53. The van der Waals surface area contributed by atoms with Crippen molar-refractivity contribution in [2.24, 2.45) is 25.6 Å². The predicted molar refractivity (Wildman–Crippen MR) is 258 cm³/mol. The van der Waals surface area contributed by atoms with Gasteiger partial charge in [-0.3, -0.25) is 14.8 Å². The van der Waals surface area contributed by atoms with Gasteiger partial charge in [0.2, 0.25) is 17.7 Å². The van der Waals surface area contributed by atoms with Gasteiger partial charge in [-0.15, -0.1) is 0 Å². The zero-order chi connectivity index (χ0) is 44.1. The maximum absolute atomic E-state index is 15.1. The van der Waals surface area contributed by atoms with Crippen LogP contribution in [0.5, 0.6) is 23.0 Å². The molecule has 2 aliphatic rings. The van der Waals surface area contributed by atoms with E-state index in [1.165, 1.54) is 0 Å². The van der Waals surface area contributed by atoms with Crippen molar-refractivity contribution in [2.75, 3.05) is 46.6 Å². The van der Waals surface area contributed by atoms with Crippen LogP contribution in [0, 0.1) is 0 Å². The highest BCUT2D eigenvalue weighted by molar-refractivity contribution is 9.10. The number of benzene rings is 4. The van der Waals surface area contributed by atoms with E-state index < -0.39 is 0 Å². The molecular formula is C47H44Br2N12O3. The van der Waals surface area contributed by atoms with Crippen molar-refractivity contribution in [3.8, 4) is 23.0 Å². The highest BCUT2D eigenvalue weighted by atomic mass is 79.9. The van der Waals surface area contributed by atoms with E-state index in [1.807, 2.05) is 108 Å². The Morgan fingerprint density at radius 2 is 1.05 bits per heavy atom. The van der Waals surface area contributed by atoms with Crippen molar-refractivity contribution in [3.05, 3.63) is 130 Å². The number of ketones is 1. The van der Waals surface area contributed by atoms with Gasteiger partial charge >= 0.3 is 0 Å². The number of rotatable bonds is 12. The van der Waals surface area contributed by atoms with E-state index in [9.17, 15) is 0 Å². The number of pyridine rings is 2. The first-order chi connectivity index (χ1) is 31.0. The number of fused-ring (bicyclic) bond motifs is 2. The van der Waals surface area contributed by atoms with E-state index in [2.05, 4.69) is 52.3 Å². The van der Waals surface area contributed by atoms with Gasteiger partial charge in [-0.1, -0.05) is 31.9 Å². The zero-order valence-corrected chi connectivity index (χ0v) is 38.2. The Morgan fingerprint density at radius 3 is 1.44 bits per heavy atom. The summed E-state index contributed by atoms with van der Waals surface area (Å²) in [6.07, 6.45) is 4.68. The summed E-state index contributed by atoms with van der Waals surface area (Å²) in [5.41, 5.74) is 19.6. The Labute approximate surface area is 385 Å². The first-order valence-corrected chi connectivity index (χ1v) is 22.5. The normalized spacial score (nSPS) is 16.2. The van der Waals surface area contributed by atoms with E-state index in [0.29, 0.717) is 72.4 Å². The minimum Gasteiger partial charge on any atom is -0.455 e. The summed E-state index contributed by atoms with van der Waals surface area (Å²) < 4.78 is 19.3. The topological polar surface area (TPSA) is 180 Å². The quantitative estimate of drug-likeness (QED) is 0.0853. The van der Waals surface area contributed by atoms with E-state index >= 15 is 4.79 Å². The lowest BCUT2D eigenvalue weighted by atomic mass is 10.1. The standard InChI is InChI=1S/C47H44Br2N12O3/c1-58-37-13-11-33(23-35(37)56-46(58)54-31-7-3-27(48)4-8-31)63-39-15-19-52-41(43(39)60-21-17-29(50)25-60)45(62)42-44(61-22-18-30(51)26-61)40(16-20-53-42)64-34-12-14-38-36(24-34)57-47(59(38)2)55-32-9-5-28(49)6-10-32/h3-16,19-20,23-24,29-30H,17-18,21-22,25-26,50-51H2,1-2H3,(H,54,56)(H,55,57). The molecule has 0 amide bonds. The SMILES string of the molecule is Cn1c(Nc2ccc(Br)cc2)nc2cc(Oc3ccnc(C(=O)c4nccc(Oc5ccc6c(c5)nc(Nc5ccc(Br)cc5)n6C)c4N4CCC(N)C4)c3N3CCC(N)C3)ccc21. The molecule has 2 fully saturated rings. The van der Waals surface area contributed by atoms with Crippen LogP contribution in [0.1, 0.15) is 29.0 Å². The molecule has 15 nitrogen and oxygen atoms in total. The van der Waals surface area contributed by atoms with Gasteiger partial charge in [0.05, 0.1) is 22.1 Å². The van der Waals surface area contributed by atoms with Crippen molar-refractivity contribution < 1.29 is 14.3 Å². The molecule has 10 rings (SSSR count). The monoisotopic (exact) mass is 982 g/mol. The van der Waals surface area contributed by atoms with Crippen LogP contribution in [0.25, 0.3) is 22.1 Å². The lowest BCUT2D eigenvalue weighted by molar-refractivity contribution is 0.103. The summed E-state index contributed by atoms with van der Waals surface area (Å²) in [6, 6.07) is 30.7. The summed E-state index contributed by atoms with van der Waals surface area (Å²) in [4.78, 5) is 38.5. The van der Waals surface area contributed by atoms with Gasteiger partial charge in [0.1, 0.15) is 34.3 Å². The number of nitrogens with zero attached hydrogens (tertiary/aromatic N) is 8. The highest BCUT2D eigenvalue weighted by Crippen LogP contribution is 2.42. The first-order valence-electron chi connectivity index (χ1n) is 20.9. The predicted octanol–water partition coefficient (Wildman–Crippen LogP) is 9.15. The van der Waals surface area contributed by atoms with Crippen LogP contribution in [-0.2, 0) is 14.1 Å². The van der Waals surface area contributed by atoms with Crippen LogP contribution in [0.15, 0.2) is 118 Å². The second-order valence-corrected chi connectivity index (χ2v) is 17.9. The largest absolute Gasteiger partial charge is 0.455 e. The fourth-order valence-corrected chi connectivity index (χ4v) is 8.89. The Morgan fingerprint density at radius 1 is 0.625 bits per heavy atom. The number of imidazole rings is 2. The van der Waals surface area contributed by atoms with E-state index in [-0.39, 0.29) is 29.3 Å². The van der Waals surface area contributed by atoms with Crippen molar-refractivity contribution in [1.29, 1.82) is 0 Å². The third-order valence-electron chi connectivity index (χ3n) is 11.6. The fraction of sp³-hybridized carbons (Fsp3) is 0.213. The van der Waals surface area contributed by atoms with Crippen LogP contribution in [0.2, 0.25) is 0 Å². The molecule has 2 atom stereocenters. The molecule has 4 aromatic heterocycles. The maximum atomic E-state index is 15.1. The molecule has 2 unspecified atom stereocenters. The van der Waals surface area contributed by atoms with E-state index in [0.717, 1.165) is 55.2 Å². The first kappa shape index (κ1) is 41.5. The van der Waals surface area contributed by atoms with Gasteiger partial charge in [0.15, 0.2) is 11.5 Å². The molecule has 8 aromatic rings. The summed E-state index contributed by atoms with van der Waals surface area (Å²) >= 11 is 7.00. The number of hydrogen-bond donors (Lipinski definition) is 4. The number of nitrogens with two attached hydrogens (primary N) is 2. The molecule has 0 aliphatic carbocycles.